The fourth-order valence-corrected chi connectivity index (χ4v) is 4.33. The Morgan fingerprint density at radius 2 is 1.09 bits per heavy atom. The van der Waals surface area contributed by atoms with Gasteiger partial charge in [0.15, 0.2) is 12.4 Å². The number of hydrogen-bond acceptors (Lipinski definition) is 6. The smallest absolute Gasteiger partial charge is 0.344 e. The molecule has 1 heterocycles. The summed E-state index contributed by atoms with van der Waals surface area (Å²) in [5.41, 5.74) is -0.857. The van der Waals surface area contributed by atoms with Crippen molar-refractivity contribution in [2.75, 3.05) is 26.4 Å². The Kier molecular flexibility index (Phi) is 17.3. The average Bonchev–Trinajstić information content (AvgIpc) is 2.84. The first kappa shape index (κ1) is 31.9. The summed E-state index contributed by atoms with van der Waals surface area (Å²) in [4.78, 5) is 24.4. The third-order valence-electron chi connectivity index (χ3n) is 7.08. The van der Waals surface area contributed by atoms with Crippen LogP contribution in [0.25, 0.3) is 0 Å². The second kappa shape index (κ2) is 19.0. The molecule has 0 spiro atoms. The molecule has 0 unspecified atom stereocenters. The van der Waals surface area contributed by atoms with Crippen molar-refractivity contribution in [2.45, 2.75) is 143 Å². The van der Waals surface area contributed by atoms with Gasteiger partial charge in [0.1, 0.15) is 5.41 Å². The number of carbonyl (C=O) groups is 2. The van der Waals surface area contributed by atoms with Gasteiger partial charge in [0.2, 0.25) is 0 Å². The number of ether oxygens (including phenoxy) is 4. The summed E-state index contributed by atoms with van der Waals surface area (Å²) >= 11 is 0. The van der Waals surface area contributed by atoms with Crippen molar-refractivity contribution in [1.29, 1.82) is 0 Å². The van der Waals surface area contributed by atoms with Gasteiger partial charge in [-0.3, -0.25) is 4.79 Å². The summed E-state index contributed by atoms with van der Waals surface area (Å²) in [5, 5.41) is 0. The number of carbonyl (C=O) groups excluding carboxylic acids is 2. The number of esters is 2. The van der Waals surface area contributed by atoms with Gasteiger partial charge in [-0.1, -0.05) is 110 Å². The van der Waals surface area contributed by atoms with Gasteiger partial charge < -0.3 is 18.9 Å². The zero-order valence-electron chi connectivity index (χ0n) is 23.3. The van der Waals surface area contributed by atoms with Crippen LogP contribution in [0.3, 0.4) is 0 Å². The molecule has 0 aromatic rings. The zero-order chi connectivity index (χ0) is 25.8. The van der Waals surface area contributed by atoms with Crippen LogP contribution in [0.5, 0.6) is 0 Å². The van der Waals surface area contributed by atoms with Crippen LogP contribution in [0.1, 0.15) is 137 Å². The fraction of sp³-hybridized carbons (Fsp3) is 0.931. The maximum atomic E-state index is 12.5. The highest BCUT2D eigenvalue weighted by Gasteiger charge is 2.46. The lowest BCUT2D eigenvalue weighted by atomic mass is 9.86. The Morgan fingerprint density at radius 1 is 0.657 bits per heavy atom. The van der Waals surface area contributed by atoms with Crippen LogP contribution >= 0.6 is 0 Å². The summed E-state index contributed by atoms with van der Waals surface area (Å²) in [5.74, 6) is -1.66. The lowest BCUT2D eigenvalue weighted by Gasteiger charge is -2.41. The second-order valence-corrected chi connectivity index (χ2v) is 10.7. The SMILES string of the molecule is CCCCCCCCCCCCCCCCCCOC(=O)COC(=O)C1(CC)COC(C)(C)OC1. The average molecular weight is 499 g/mol. The van der Waals surface area contributed by atoms with Crippen molar-refractivity contribution < 1.29 is 28.5 Å². The van der Waals surface area contributed by atoms with Crippen molar-refractivity contribution in [1.82, 2.24) is 0 Å². The molecule has 35 heavy (non-hydrogen) atoms. The summed E-state index contributed by atoms with van der Waals surface area (Å²) in [7, 11) is 0. The first-order valence-corrected chi connectivity index (χ1v) is 14.5. The Morgan fingerprint density at radius 3 is 1.51 bits per heavy atom. The van der Waals surface area contributed by atoms with E-state index in [2.05, 4.69) is 6.92 Å². The van der Waals surface area contributed by atoms with E-state index in [-0.39, 0.29) is 19.8 Å². The van der Waals surface area contributed by atoms with E-state index in [0.29, 0.717) is 13.0 Å². The molecular weight excluding hydrogens is 444 g/mol. The van der Waals surface area contributed by atoms with E-state index >= 15 is 0 Å². The minimum Gasteiger partial charge on any atom is -0.463 e. The van der Waals surface area contributed by atoms with Crippen molar-refractivity contribution in [3.05, 3.63) is 0 Å². The van der Waals surface area contributed by atoms with Gasteiger partial charge >= 0.3 is 11.9 Å². The topological polar surface area (TPSA) is 71.1 Å². The second-order valence-electron chi connectivity index (χ2n) is 10.7. The third-order valence-corrected chi connectivity index (χ3v) is 7.08. The predicted octanol–water partition coefficient (Wildman–Crippen LogP) is 7.51. The van der Waals surface area contributed by atoms with Gasteiger partial charge in [-0.25, -0.2) is 4.79 Å². The summed E-state index contributed by atoms with van der Waals surface area (Å²) in [6.07, 6.45) is 21.5. The van der Waals surface area contributed by atoms with E-state index in [9.17, 15) is 9.59 Å². The molecule has 0 aliphatic carbocycles. The number of hydrogen-bond donors (Lipinski definition) is 0. The van der Waals surface area contributed by atoms with Crippen molar-refractivity contribution >= 4 is 11.9 Å². The van der Waals surface area contributed by atoms with Crippen molar-refractivity contribution in [2.24, 2.45) is 5.41 Å². The van der Waals surface area contributed by atoms with Gasteiger partial charge in [-0.05, 0) is 26.7 Å². The quantitative estimate of drug-likeness (QED) is 0.120. The highest BCUT2D eigenvalue weighted by Crippen LogP contribution is 2.33. The van der Waals surface area contributed by atoms with Gasteiger partial charge in [0.25, 0.3) is 0 Å². The van der Waals surface area contributed by atoms with E-state index in [0.717, 1.165) is 12.8 Å². The van der Waals surface area contributed by atoms with Gasteiger partial charge in [0.05, 0.1) is 19.8 Å². The molecule has 0 N–H and O–H groups in total. The Bertz CT molecular complexity index is 549. The zero-order valence-corrected chi connectivity index (χ0v) is 23.3. The molecule has 1 aliphatic heterocycles. The van der Waals surface area contributed by atoms with Crippen LogP contribution < -0.4 is 0 Å². The molecule has 0 aromatic heterocycles. The van der Waals surface area contributed by atoms with E-state index in [4.69, 9.17) is 18.9 Å². The molecule has 0 amide bonds. The molecule has 0 radical (unpaired) electrons. The van der Waals surface area contributed by atoms with E-state index in [1.807, 2.05) is 20.8 Å². The molecule has 0 saturated carbocycles. The Hall–Kier alpha value is -1.14. The molecule has 6 nitrogen and oxygen atoms in total. The van der Waals surface area contributed by atoms with Crippen molar-refractivity contribution in [3.8, 4) is 0 Å². The van der Waals surface area contributed by atoms with Gasteiger partial charge in [-0.15, -0.1) is 0 Å². The van der Waals surface area contributed by atoms with Crippen LogP contribution in [0.15, 0.2) is 0 Å². The maximum Gasteiger partial charge on any atom is 0.344 e. The van der Waals surface area contributed by atoms with Crippen molar-refractivity contribution in [3.63, 3.8) is 0 Å². The first-order chi connectivity index (χ1) is 16.9. The summed E-state index contributed by atoms with van der Waals surface area (Å²) < 4.78 is 21.7. The molecule has 6 heteroatoms. The van der Waals surface area contributed by atoms with Gasteiger partial charge in [-0.2, -0.15) is 0 Å². The molecule has 1 rings (SSSR count). The molecular formula is C29H54O6. The molecule has 0 atom stereocenters. The first-order valence-electron chi connectivity index (χ1n) is 14.5. The summed E-state index contributed by atoms with van der Waals surface area (Å²) in [6.45, 7) is 8.27. The highest BCUT2D eigenvalue weighted by atomic mass is 16.7. The molecule has 0 bridgehead atoms. The van der Waals surface area contributed by atoms with Crippen LogP contribution in [-0.4, -0.2) is 44.2 Å². The van der Waals surface area contributed by atoms with E-state index < -0.39 is 23.1 Å². The monoisotopic (exact) mass is 498 g/mol. The highest BCUT2D eigenvalue weighted by molar-refractivity contribution is 5.80. The molecule has 0 aromatic carbocycles. The number of rotatable bonds is 21. The minimum absolute atomic E-state index is 0.226. The molecule has 1 aliphatic rings. The van der Waals surface area contributed by atoms with Crippen LogP contribution in [-0.2, 0) is 28.5 Å². The fourth-order valence-electron chi connectivity index (χ4n) is 4.33. The minimum atomic E-state index is -0.857. The summed E-state index contributed by atoms with van der Waals surface area (Å²) in [6, 6.07) is 0. The normalized spacial score (nSPS) is 16.7. The predicted molar refractivity (Wildman–Crippen MR) is 140 cm³/mol. The third kappa shape index (κ3) is 14.9. The molecule has 206 valence electrons. The van der Waals surface area contributed by atoms with Crippen LogP contribution in [0.2, 0.25) is 0 Å². The molecule has 1 saturated heterocycles. The van der Waals surface area contributed by atoms with E-state index in [1.165, 1.54) is 89.9 Å². The number of unbranched alkanes of at least 4 members (excludes halogenated alkanes) is 15. The lowest BCUT2D eigenvalue weighted by molar-refractivity contribution is -0.285. The molecule has 1 fully saturated rings. The van der Waals surface area contributed by atoms with Crippen LogP contribution in [0, 0.1) is 5.41 Å². The lowest BCUT2D eigenvalue weighted by Crippen LogP contribution is -2.51. The largest absolute Gasteiger partial charge is 0.463 e. The Labute approximate surface area is 215 Å². The van der Waals surface area contributed by atoms with E-state index in [1.54, 1.807) is 0 Å². The Balaban J connectivity index is 1.91. The van der Waals surface area contributed by atoms with Gasteiger partial charge in [0, 0.05) is 0 Å². The van der Waals surface area contributed by atoms with Crippen LogP contribution in [0.4, 0.5) is 0 Å². The maximum absolute atomic E-state index is 12.5. The standard InChI is InChI=1S/C29H54O6/c1-5-7-8-9-10-11-12-13-14-15-16-17-18-19-20-21-22-32-26(30)23-33-27(31)29(6-2)24-34-28(3,4)35-25-29/h5-25H2,1-4H3.